The van der Waals surface area contributed by atoms with Crippen molar-refractivity contribution < 1.29 is 31.8 Å². The van der Waals surface area contributed by atoms with Crippen molar-refractivity contribution in [3.63, 3.8) is 0 Å². The van der Waals surface area contributed by atoms with Crippen LogP contribution in [0.4, 0.5) is 22.6 Å². The fraction of sp³-hybridized carbons (Fsp3) is 0.190. The first kappa shape index (κ1) is 25.9. The molecular formula is C21H22BF5N3O+. The number of nitrogens with zero attached hydrogens (tertiary/aromatic N) is 1. The fourth-order valence-corrected chi connectivity index (χ4v) is 3.13. The molecule has 0 fully saturated rings. The number of aromatic amines is 1. The molecule has 1 aliphatic heterocycles. The number of nitrogens with two attached hydrogens (primary N) is 1. The number of H-pyrrole nitrogens is 1. The number of alkyl halides is 3. The minimum atomic E-state index is -4.70. The largest absolute Gasteiger partial charge is 0.586 e. The molecule has 0 atom stereocenters. The number of rotatable bonds is 6. The van der Waals surface area contributed by atoms with Crippen molar-refractivity contribution in [3.8, 4) is 5.75 Å². The summed E-state index contributed by atoms with van der Waals surface area (Å²) in [7, 11) is 6.00. The molecule has 31 heavy (non-hydrogen) atoms. The van der Waals surface area contributed by atoms with Gasteiger partial charge in [-0.1, -0.05) is 18.2 Å². The lowest BCUT2D eigenvalue weighted by Gasteiger charge is -2.08. The van der Waals surface area contributed by atoms with Crippen molar-refractivity contribution in [2.75, 3.05) is 6.54 Å². The third-order valence-corrected chi connectivity index (χ3v) is 4.39. The summed E-state index contributed by atoms with van der Waals surface area (Å²) < 4.78 is 42.2. The average Bonchev–Trinajstić information content (AvgIpc) is 3.23. The van der Waals surface area contributed by atoms with Crippen LogP contribution in [0.2, 0.25) is 0 Å². The van der Waals surface area contributed by atoms with Crippen LogP contribution in [0.15, 0.2) is 48.2 Å². The Kier molecular flexibility index (Phi) is 8.99. The fourth-order valence-electron chi connectivity index (χ4n) is 3.13. The first-order valence-corrected chi connectivity index (χ1v) is 8.99. The normalized spacial score (nSPS) is 14.8. The second-order valence-corrected chi connectivity index (χ2v) is 6.55. The second-order valence-electron chi connectivity index (χ2n) is 6.55. The van der Waals surface area contributed by atoms with Crippen LogP contribution >= 0.6 is 0 Å². The predicted molar refractivity (Wildman–Crippen MR) is 114 cm³/mol. The third-order valence-electron chi connectivity index (χ3n) is 4.39. The van der Waals surface area contributed by atoms with Crippen LogP contribution in [0, 0.1) is 6.92 Å². The number of halogens is 5. The summed E-state index contributed by atoms with van der Waals surface area (Å²) in [6.45, 7) is 2.48. The van der Waals surface area contributed by atoms with Gasteiger partial charge in [0.2, 0.25) is 0 Å². The van der Waals surface area contributed by atoms with E-state index in [1.807, 2.05) is 31.2 Å². The summed E-state index contributed by atoms with van der Waals surface area (Å²) in [4.78, 5) is 3.37. The lowest BCUT2D eigenvalue weighted by atomic mass is 10.0. The zero-order valence-electron chi connectivity index (χ0n) is 16.6. The molecule has 4 nitrogen and oxygen atoms in total. The number of nitrogens with one attached hydrogen (secondary N) is 1. The number of allylic oxidation sites excluding steroid dienone is 2. The van der Waals surface area contributed by atoms with Crippen LogP contribution in [0.3, 0.4) is 0 Å². The maximum absolute atomic E-state index is 12.2. The van der Waals surface area contributed by atoms with Gasteiger partial charge < -0.3 is 15.5 Å². The molecule has 0 bridgehead atoms. The van der Waals surface area contributed by atoms with Crippen molar-refractivity contribution in [2.45, 2.75) is 19.7 Å². The molecule has 0 saturated carbocycles. The molecule has 10 heteroatoms. The smallest absolute Gasteiger partial charge is 0.406 e. The Morgan fingerprint density at radius 3 is 2.42 bits per heavy atom. The maximum atomic E-state index is 12.2. The average molecular weight is 438 g/mol. The van der Waals surface area contributed by atoms with E-state index in [1.165, 1.54) is 12.1 Å². The Bertz CT molecular complexity index is 1010. The zero-order chi connectivity index (χ0) is 21.0. The molecule has 1 aromatic heterocycles. The molecule has 2 radical (unpaired) electrons. The number of hydrogen-bond donors (Lipinski definition) is 2. The van der Waals surface area contributed by atoms with E-state index in [2.05, 4.69) is 9.72 Å². The van der Waals surface area contributed by atoms with Crippen LogP contribution in [-0.4, -0.2) is 36.6 Å². The van der Waals surface area contributed by atoms with E-state index in [1.54, 1.807) is 28.9 Å². The minimum absolute atomic E-state index is 0. The molecule has 3 rings (SSSR count). The van der Waals surface area contributed by atoms with Gasteiger partial charge in [0.15, 0.2) is 5.70 Å². The molecule has 0 spiro atoms. The monoisotopic (exact) mass is 438 g/mol. The Morgan fingerprint density at radius 1 is 1.19 bits per heavy atom. The van der Waals surface area contributed by atoms with E-state index in [9.17, 15) is 13.2 Å². The van der Waals surface area contributed by atoms with E-state index in [4.69, 9.17) is 13.7 Å². The van der Waals surface area contributed by atoms with E-state index >= 15 is 0 Å². The van der Waals surface area contributed by atoms with Gasteiger partial charge in [0.25, 0.3) is 0 Å². The predicted octanol–water partition coefficient (Wildman–Crippen LogP) is 4.49. The van der Waals surface area contributed by atoms with E-state index in [0.29, 0.717) is 13.0 Å². The van der Waals surface area contributed by atoms with Crippen LogP contribution < -0.4 is 10.5 Å². The van der Waals surface area contributed by atoms with E-state index in [0.717, 1.165) is 33.8 Å². The standard InChI is InChI=1S/C21H20BF3N3O.2FH/c1-14-13-16(7-4-15-5-8-17(9-6-15)29-21(23,24)25)27-20(14)18(10-11-26)19-3-2-12-28(19)22;;/h2-9,12-13,27H,10-11,26H2,1H3;2*1H/q+1;;/b7-4+;;. The summed E-state index contributed by atoms with van der Waals surface area (Å²) in [6, 6.07) is 7.67. The zero-order valence-corrected chi connectivity index (χ0v) is 16.6. The van der Waals surface area contributed by atoms with Crippen molar-refractivity contribution in [1.29, 1.82) is 0 Å². The van der Waals surface area contributed by atoms with Gasteiger partial charge in [-0.3, -0.25) is 13.9 Å². The number of aromatic nitrogens is 1. The molecule has 164 valence electrons. The lowest BCUT2D eigenvalue weighted by Crippen LogP contribution is -2.16. The molecule has 3 N–H and O–H groups in total. The highest BCUT2D eigenvalue weighted by Crippen LogP contribution is 2.28. The highest BCUT2D eigenvalue weighted by atomic mass is 19.4. The Balaban J connectivity index is 0.00000240. The minimum Gasteiger partial charge on any atom is -0.406 e. The van der Waals surface area contributed by atoms with Gasteiger partial charge in [-0.05, 0) is 55.3 Å². The lowest BCUT2D eigenvalue weighted by molar-refractivity contribution is -0.294. The van der Waals surface area contributed by atoms with E-state index < -0.39 is 6.36 Å². The number of hydrogen-bond acceptors (Lipinski definition) is 2. The Labute approximate surface area is 177 Å². The van der Waals surface area contributed by atoms with Gasteiger partial charge in [0, 0.05) is 23.4 Å². The molecule has 2 heterocycles. The van der Waals surface area contributed by atoms with Gasteiger partial charge >= 0.3 is 14.3 Å². The van der Waals surface area contributed by atoms with Gasteiger partial charge in [0.05, 0.1) is 5.69 Å². The van der Waals surface area contributed by atoms with Crippen molar-refractivity contribution in [1.82, 2.24) is 4.98 Å². The van der Waals surface area contributed by atoms with E-state index in [-0.39, 0.29) is 15.2 Å². The van der Waals surface area contributed by atoms with Crippen molar-refractivity contribution >= 4 is 31.9 Å². The van der Waals surface area contributed by atoms with Gasteiger partial charge in [-0.2, -0.15) is 0 Å². The van der Waals surface area contributed by atoms with Crippen LogP contribution in [-0.2, 0) is 0 Å². The molecule has 1 aromatic carbocycles. The molecule has 0 amide bonds. The van der Waals surface area contributed by atoms with Crippen molar-refractivity contribution in [3.05, 3.63) is 70.7 Å². The van der Waals surface area contributed by atoms with Crippen LogP contribution in [0.25, 0.3) is 17.7 Å². The molecular weight excluding hydrogens is 416 g/mol. The van der Waals surface area contributed by atoms with Crippen molar-refractivity contribution in [2.24, 2.45) is 5.73 Å². The molecule has 0 unspecified atom stereocenters. The first-order valence-electron chi connectivity index (χ1n) is 8.99. The number of benzene rings is 1. The SMILES string of the molecule is F.F.[B][N+]1=CC=CC1=C(CCN)c1[nH]c(/C=C/c2ccc(OC(F)(F)F)cc2)cc1C. The first-order chi connectivity index (χ1) is 13.8. The van der Waals surface area contributed by atoms with Gasteiger partial charge in [-0.25, -0.2) is 0 Å². The highest BCUT2D eigenvalue weighted by Gasteiger charge is 2.30. The number of ether oxygens (including phenoxy) is 1. The Hall–Kier alpha value is -3.14. The molecule has 2 aromatic rings. The molecule has 0 aliphatic carbocycles. The summed E-state index contributed by atoms with van der Waals surface area (Å²) in [6.07, 6.45) is 5.21. The van der Waals surface area contributed by atoms with Crippen LogP contribution in [0.5, 0.6) is 5.75 Å². The highest BCUT2D eigenvalue weighted by molar-refractivity contribution is 6.01. The maximum Gasteiger partial charge on any atom is 0.586 e. The quantitative estimate of drug-likeness (QED) is 0.516. The summed E-state index contributed by atoms with van der Waals surface area (Å²) >= 11 is 0. The summed E-state index contributed by atoms with van der Waals surface area (Å²) in [5, 5.41) is 0. The summed E-state index contributed by atoms with van der Waals surface area (Å²) in [5.74, 6) is -0.251. The number of aryl methyl sites for hydroxylation is 1. The Morgan fingerprint density at radius 2 is 1.87 bits per heavy atom. The third kappa shape index (κ3) is 6.68. The molecule has 1 aliphatic rings. The van der Waals surface area contributed by atoms with Gasteiger partial charge in [-0.15, -0.1) is 13.2 Å². The van der Waals surface area contributed by atoms with Gasteiger partial charge in [0.1, 0.15) is 12.0 Å². The van der Waals surface area contributed by atoms with Crippen LogP contribution in [0.1, 0.15) is 28.9 Å². The second kappa shape index (κ2) is 10.8. The summed E-state index contributed by atoms with van der Waals surface area (Å²) in [5.41, 5.74) is 11.3. The molecule has 0 saturated heterocycles. The topological polar surface area (TPSA) is 54.0 Å².